The van der Waals surface area contributed by atoms with Gasteiger partial charge < -0.3 is 0 Å². The van der Waals surface area contributed by atoms with Gasteiger partial charge in [-0.25, -0.2) is 18.1 Å². The smallest absolute Gasteiger partial charge is 0.240 e. The lowest BCUT2D eigenvalue weighted by atomic mass is 10.3. The second-order valence-electron chi connectivity index (χ2n) is 5.12. The third-order valence-electron chi connectivity index (χ3n) is 3.37. The summed E-state index contributed by atoms with van der Waals surface area (Å²) < 4.78 is 28.8. The van der Waals surface area contributed by atoms with Crippen LogP contribution >= 0.6 is 23.4 Å². The lowest BCUT2D eigenvalue weighted by Gasteiger charge is -2.09. The van der Waals surface area contributed by atoms with Crippen molar-refractivity contribution in [3.8, 4) is 5.69 Å². The Kier molecular flexibility index (Phi) is 5.80. The lowest BCUT2D eigenvalue weighted by molar-refractivity contribution is 0.584. The molecule has 3 aromatic rings. The molecule has 0 unspecified atom stereocenters. The summed E-state index contributed by atoms with van der Waals surface area (Å²) in [6, 6.07) is 15.8. The number of nitrogens with one attached hydrogen (secondary N) is 1. The lowest BCUT2D eigenvalue weighted by Crippen LogP contribution is -2.26. The average Bonchev–Trinajstić information content (AvgIpc) is 3.08. The van der Waals surface area contributed by atoms with E-state index in [4.69, 9.17) is 11.6 Å². The van der Waals surface area contributed by atoms with Crippen LogP contribution < -0.4 is 4.72 Å². The summed E-state index contributed by atoms with van der Waals surface area (Å²) in [5.74, 6) is 0.559. The van der Waals surface area contributed by atoms with Gasteiger partial charge >= 0.3 is 0 Å². The van der Waals surface area contributed by atoms with Gasteiger partial charge in [0.15, 0.2) is 5.16 Å². The molecule has 0 spiro atoms. The molecule has 0 saturated heterocycles. The van der Waals surface area contributed by atoms with E-state index in [0.717, 1.165) is 10.8 Å². The molecule has 0 amide bonds. The maximum Gasteiger partial charge on any atom is 0.240 e. The molecule has 1 N–H and O–H groups in total. The van der Waals surface area contributed by atoms with Gasteiger partial charge in [0.2, 0.25) is 10.0 Å². The van der Waals surface area contributed by atoms with Crippen LogP contribution in [0.5, 0.6) is 0 Å². The van der Waals surface area contributed by atoms with E-state index in [0.29, 0.717) is 17.3 Å². The highest BCUT2D eigenvalue weighted by Gasteiger charge is 2.13. The Hall–Kier alpha value is -1.80. The molecule has 3 rings (SSSR count). The summed E-state index contributed by atoms with van der Waals surface area (Å²) >= 11 is 7.50. The number of hydrogen-bond donors (Lipinski definition) is 1. The molecule has 0 radical (unpaired) electrons. The van der Waals surface area contributed by atoms with Crippen LogP contribution in [-0.4, -0.2) is 30.3 Å². The van der Waals surface area contributed by atoms with Crippen LogP contribution in [0, 0.1) is 0 Å². The van der Waals surface area contributed by atoms with E-state index in [1.54, 1.807) is 36.5 Å². The first-order valence-electron chi connectivity index (χ1n) is 7.53. The molecule has 8 heteroatoms. The summed E-state index contributed by atoms with van der Waals surface area (Å²) in [5.41, 5.74) is 0.914. The van der Waals surface area contributed by atoms with Gasteiger partial charge in [-0.3, -0.25) is 4.57 Å². The summed E-state index contributed by atoms with van der Waals surface area (Å²) in [6.07, 6.45) is 3.56. The predicted molar refractivity (Wildman–Crippen MR) is 101 cm³/mol. The number of halogens is 1. The van der Waals surface area contributed by atoms with Crippen LogP contribution in [0.15, 0.2) is 77.0 Å². The normalized spacial score (nSPS) is 11.6. The molecule has 1 aromatic heterocycles. The van der Waals surface area contributed by atoms with Gasteiger partial charge in [0.05, 0.1) is 4.90 Å². The van der Waals surface area contributed by atoms with E-state index >= 15 is 0 Å². The predicted octanol–water partition coefficient (Wildman–Crippen LogP) is 3.60. The first-order valence-corrected chi connectivity index (χ1v) is 10.4. The van der Waals surface area contributed by atoms with E-state index < -0.39 is 10.0 Å². The molecule has 5 nitrogen and oxygen atoms in total. The molecule has 0 saturated carbocycles. The van der Waals surface area contributed by atoms with Crippen molar-refractivity contribution in [2.75, 3.05) is 12.3 Å². The number of imidazole rings is 1. The van der Waals surface area contributed by atoms with Gasteiger partial charge in [-0.1, -0.05) is 47.6 Å². The van der Waals surface area contributed by atoms with Crippen molar-refractivity contribution >= 4 is 33.4 Å². The van der Waals surface area contributed by atoms with Crippen molar-refractivity contribution in [3.63, 3.8) is 0 Å². The Balaban J connectivity index is 1.60. The molecule has 25 heavy (non-hydrogen) atoms. The molecule has 0 bridgehead atoms. The monoisotopic (exact) mass is 393 g/mol. The minimum Gasteiger partial charge on any atom is -0.295 e. The zero-order valence-electron chi connectivity index (χ0n) is 13.2. The van der Waals surface area contributed by atoms with Crippen molar-refractivity contribution in [2.24, 2.45) is 0 Å². The van der Waals surface area contributed by atoms with Gasteiger partial charge in [0.1, 0.15) is 0 Å². The third kappa shape index (κ3) is 4.64. The number of thioether (sulfide) groups is 1. The van der Waals surface area contributed by atoms with Gasteiger partial charge in [-0.05, 0) is 30.3 Å². The number of benzene rings is 2. The quantitative estimate of drug-likeness (QED) is 0.492. The van der Waals surface area contributed by atoms with Crippen molar-refractivity contribution in [1.29, 1.82) is 0 Å². The first-order chi connectivity index (χ1) is 12.1. The van der Waals surface area contributed by atoms with Crippen LogP contribution in [0.25, 0.3) is 5.69 Å². The van der Waals surface area contributed by atoms with E-state index in [-0.39, 0.29) is 4.90 Å². The maximum atomic E-state index is 12.2. The van der Waals surface area contributed by atoms with Crippen molar-refractivity contribution in [3.05, 3.63) is 72.0 Å². The van der Waals surface area contributed by atoms with Crippen molar-refractivity contribution in [2.45, 2.75) is 10.1 Å². The van der Waals surface area contributed by atoms with Crippen LogP contribution in [0.2, 0.25) is 5.02 Å². The molecular weight excluding hydrogens is 378 g/mol. The summed E-state index contributed by atoms with van der Waals surface area (Å²) in [5, 5.41) is 1.43. The van der Waals surface area contributed by atoms with Crippen LogP contribution in [0.4, 0.5) is 0 Å². The molecule has 2 aromatic carbocycles. The fourth-order valence-electron chi connectivity index (χ4n) is 2.22. The van der Waals surface area contributed by atoms with Crippen molar-refractivity contribution in [1.82, 2.24) is 14.3 Å². The van der Waals surface area contributed by atoms with Gasteiger partial charge in [0.25, 0.3) is 0 Å². The molecule has 0 atom stereocenters. The zero-order valence-corrected chi connectivity index (χ0v) is 15.6. The van der Waals surface area contributed by atoms with Crippen LogP contribution in [-0.2, 0) is 10.0 Å². The number of sulfonamides is 1. The summed E-state index contributed by atoms with van der Waals surface area (Å²) in [6.45, 7) is 0.310. The summed E-state index contributed by atoms with van der Waals surface area (Å²) in [4.78, 5) is 4.58. The molecule has 0 fully saturated rings. The van der Waals surface area contributed by atoms with Crippen LogP contribution in [0.1, 0.15) is 0 Å². The maximum absolute atomic E-state index is 12.2. The number of hydrogen-bond acceptors (Lipinski definition) is 4. The Morgan fingerprint density at radius 1 is 1.12 bits per heavy atom. The van der Waals surface area contributed by atoms with E-state index in [9.17, 15) is 8.42 Å². The zero-order chi connectivity index (χ0) is 17.7. The van der Waals surface area contributed by atoms with Crippen molar-refractivity contribution < 1.29 is 8.42 Å². The highest BCUT2D eigenvalue weighted by atomic mass is 35.5. The molecule has 130 valence electrons. The topological polar surface area (TPSA) is 64.0 Å². The summed E-state index contributed by atoms with van der Waals surface area (Å²) in [7, 11) is -3.48. The average molecular weight is 394 g/mol. The fourth-order valence-corrected chi connectivity index (χ4v) is 4.41. The van der Waals surface area contributed by atoms with Gasteiger partial charge in [-0.2, -0.15) is 0 Å². The SMILES string of the molecule is O=S(=O)(NCCSc1nccn1-c1cccc(Cl)c1)c1ccccc1. The minimum absolute atomic E-state index is 0.264. The van der Waals surface area contributed by atoms with Crippen LogP contribution in [0.3, 0.4) is 0 Å². The van der Waals surface area contributed by atoms with Gasteiger partial charge in [0, 0.05) is 35.4 Å². The number of nitrogens with zero attached hydrogens (tertiary/aromatic N) is 2. The Labute approximate surface area is 156 Å². The molecular formula is C17H16ClN3O2S2. The fraction of sp³-hybridized carbons (Fsp3) is 0.118. The molecule has 0 aliphatic rings. The standard InChI is InChI=1S/C17H16ClN3O2S2/c18-14-5-4-6-15(13-14)21-11-9-19-17(21)24-12-10-20-25(22,23)16-7-2-1-3-8-16/h1-9,11,13,20H,10,12H2. The molecule has 1 heterocycles. The first kappa shape index (κ1) is 18.0. The van der Waals surface area contributed by atoms with E-state index in [1.165, 1.54) is 11.8 Å². The second kappa shape index (κ2) is 8.05. The van der Waals surface area contributed by atoms with E-state index in [1.807, 2.05) is 35.0 Å². The highest BCUT2D eigenvalue weighted by Crippen LogP contribution is 2.22. The Morgan fingerprint density at radius 2 is 1.92 bits per heavy atom. The Morgan fingerprint density at radius 3 is 2.68 bits per heavy atom. The Bertz CT molecular complexity index is 943. The number of rotatable bonds is 7. The van der Waals surface area contributed by atoms with Gasteiger partial charge in [-0.15, -0.1) is 0 Å². The second-order valence-corrected chi connectivity index (χ2v) is 8.38. The molecule has 0 aliphatic carbocycles. The minimum atomic E-state index is -3.48. The highest BCUT2D eigenvalue weighted by molar-refractivity contribution is 7.99. The largest absolute Gasteiger partial charge is 0.295 e. The number of aromatic nitrogens is 2. The third-order valence-corrected chi connectivity index (χ3v) is 6.05. The van der Waals surface area contributed by atoms with E-state index in [2.05, 4.69) is 9.71 Å². The molecule has 0 aliphatic heterocycles.